The summed E-state index contributed by atoms with van der Waals surface area (Å²) in [5.74, 6) is -0.0522. The van der Waals surface area contributed by atoms with E-state index < -0.39 is 33.2 Å². The van der Waals surface area contributed by atoms with Crippen molar-refractivity contribution in [2.75, 3.05) is 133 Å². The summed E-state index contributed by atoms with van der Waals surface area (Å²) in [4.78, 5) is 29.0. The van der Waals surface area contributed by atoms with Crippen molar-refractivity contribution in [2.24, 2.45) is 0 Å². The number of carbonyl (C=O) groups is 2. The fourth-order valence-electron chi connectivity index (χ4n) is 8.32. The molecule has 0 saturated carbocycles. The number of likely N-dealkylation sites (N-methyl/N-ethyl adjacent to an activating group) is 2. The molecule has 406 valence electrons. The summed E-state index contributed by atoms with van der Waals surface area (Å²) in [6.45, 7) is 6.73. The van der Waals surface area contributed by atoms with Crippen molar-refractivity contribution in [1.29, 1.82) is 0 Å². The van der Waals surface area contributed by atoms with E-state index in [9.17, 15) is 22.2 Å². The van der Waals surface area contributed by atoms with E-state index >= 15 is 0 Å². The molecule has 2 aliphatic heterocycles. The van der Waals surface area contributed by atoms with Gasteiger partial charge in [-0.25, -0.2) is 31.7 Å². The molecule has 3 unspecified atom stereocenters. The van der Waals surface area contributed by atoms with Crippen LogP contribution in [0.3, 0.4) is 0 Å². The van der Waals surface area contributed by atoms with Gasteiger partial charge in [0.2, 0.25) is 10.0 Å². The zero-order valence-electron chi connectivity index (χ0n) is 41.3. The molecule has 2 heterocycles. The normalized spacial score (nSPS) is 16.4. The Bertz CT molecular complexity index is 2610. The van der Waals surface area contributed by atoms with E-state index in [4.69, 9.17) is 74.8 Å². The largest absolute Gasteiger partial charge is 0.416 e. The summed E-state index contributed by atoms with van der Waals surface area (Å²) in [7, 11) is -1.18. The van der Waals surface area contributed by atoms with Crippen LogP contribution in [0.25, 0.3) is 0 Å². The molecule has 4 N–H and O–H groups in total. The molecule has 0 fully saturated rings. The van der Waals surface area contributed by atoms with Gasteiger partial charge in [0.1, 0.15) is 11.0 Å². The molecule has 4 aromatic rings. The molecule has 6 rings (SSSR count). The second kappa shape index (κ2) is 31.0. The number of nitrogens with one attached hydrogen (secondary N) is 4. The van der Waals surface area contributed by atoms with Gasteiger partial charge >= 0.3 is 12.2 Å². The minimum atomic E-state index is -3.79. The number of rotatable bonds is 30. The van der Waals surface area contributed by atoms with Crippen LogP contribution < -0.4 is 20.1 Å². The highest BCUT2D eigenvalue weighted by molar-refractivity contribution is 7.89. The smallest absolute Gasteiger partial charge is 0.378 e. The number of sulfonamides is 1. The van der Waals surface area contributed by atoms with Gasteiger partial charge in [-0.1, -0.05) is 70.7 Å². The molecule has 24 heteroatoms. The van der Waals surface area contributed by atoms with Crippen LogP contribution in [0.5, 0.6) is 0 Å². The van der Waals surface area contributed by atoms with Crippen molar-refractivity contribution < 1.29 is 55.4 Å². The van der Waals surface area contributed by atoms with Crippen molar-refractivity contribution in [2.45, 2.75) is 34.7 Å². The van der Waals surface area contributed by atoms with Crippen molar-refractivity contribution >= 4 is 79.6 Å². The van der Waals surface area contributed by atoms with Crippen LogP contribution in [0.4, 0.5) is 9.59 Å². The van der Waals surface area contributed by atoms with Gasteiger partial charge in [-0.2, -0.15) is 0 Å². The molecule has 4 aromatic carbocycles. The van der Waals surface area contributed by atoms with E-state index in [-0.39, 0.29) is 89.2 Å². The van der Waals surface area contributed by atoms with Crippen molar-refractivity contribution in [3.63, 3.8) is 0 Å². The number of fused-ring (bicyclic) bond motifs is 2. The van der Waals surface area contributed by atoms with Gasteiger partial charge in [-0.05, 0) is 96.0 Å². The van der Waals surface area contributed by atoms with Crippen LogP contribution in [0.1, 0.15) is 45.2 Å². The Balaban J connectivity index is 0.692. The van der Waals surface area contributed by atoms with Crippen molar-refractivity contribution in [3.8, 4) is 0 Å². The molecular formula is C50H64Cl4N6O12S2. The summed E-state index contributed by atoms with van der Waals surface area (Å²) in [5.41, 5.74) is 6.02. The van der Waals surface area contributed by atoms with Crippen molar-refractivity contribution in [1.82, 2.24) is 29.9 Å². The number of carbonyl (C=O) groups excluding carboxylic acids is 2. The first-order valence-electron chi connectivity index (χ1n) is 24.1. The maximum Gasteiger partial charge on any atom is 0.416 e. The zero-order chi connectivity index (χ0) is 52.9. The maximum absolute atomic E-state index is 13.1. The topological polar surface area (TPSA) is 205 Å². The first kappa shape index (κ1) is 59.7. The number of halogens is 4. The Morgan fingerprint density at radius 2 is 1.01 bits per heavy atom. The lowest BCUT2D eigenvalue weighted by atomic mass is 9.85. The monoisotopic (exact) mass is 1140 g/mol. The summed E-state index contributed by atoms with van der Waals surface area (Å²) >= 11 is 25.7. The SMILES string of the molecule is CN1Cc2c(Cl)cc(Cl)cc2C(c2cccc(S(=O)NCCOCCOCCOCCNC(=O)OC(=O)NCCOCCOCCOCCNS(=O)(=O)c3cccc(C4CN(C)Cc5c(Cl)cc(Cl)cc54)c3)c2)C1. The van der Waals surface area contributed by atoms with Crippen molar-refractivity contribution in [3.05, 3.63) is 126 Å². The number of nitrogens with zero attached hydrogens (tertiary/aromatic N) is 2. The molecule has 74 heavy (non-hydrogen) atoms. The highest BCUT2D eigenvalue weighted by atomic mass is 35.5. The summed E-state index contributed by atoms with van der Waals surface area (Å²) < 4.78 is 82.5. The molecular weight excluding hydrogens is 1080 g/mol. The number of amides is 2. The third kappa shape index (κ3) is 19.2. The molecule has 0 spiro atoms. The average Bonchev–Trinajstić information content (AvgIpc) is 3.36. The lowest BCUT2D eigenvalue weighted by Crippen LogP contribution is -2.35. The lowest BCUT2D eigenvalue weighted by Gasteiger charge is -2.33. The molecule has 0 aromatic heterocycles. The van der Waals surface area contributed by atoms with Crippen LogP contribution in [0, 0.1) is 0 Å². The van der Waals surface area contributed by atoms with Gasteiger partial charge < -0.3 is 53.6 Å². The van der Waals surface area contributed by atoms with Gasteiger partial charge in [0, 0.05) is 84.3 Å². The number of alkyl carbamates (subject to hydrolysis) is 2. The summed E-state index contributed by atoms with van der Waals surface area (Å²) in [5, 5.41) is 7.22. The Hall–Kier alpha value is -3.52. The molecule has 0 saturated heterocycles. The Labute approximate surface area is 455 Å². The zero-order valence-corrected chi connectivity index (χ0v) is 46.0. The first-order valence-corrected chi connectivity index (χ1v) is 28.2. The standard InChI is InChI=1S/C50H64Cl4N6O12S2/c1-59-31-43(41-27-37(51)29-47(53)45(41)33-59)35-5-3-7-39(25-35)73(63)57-11-15-68-19-23-70-21-17-66-13-9-55-49(61)72-50(62)56-10-14-67-18-22-71-24-20-69-16-12-58-74(64,65)40-8-4-6-36(26-40)44-32-60(2)34-46-42(44)28-38(52)30-48(46)54/h3-8,25-30,43-44,57-58H,9-24,31-34H2,1-2H3,(H,55,61)(H,56,62). The lowest BCUT2D eigenvalue weighted by molar-refractivity contribution is 0.0160. The minimum Gasteiger partial charge on any atom is -0.378 e. The van der Waals surface area contributed by atoms with Gasteiger partial charge in [0.05, 0.1) is 89.1 Å². The molecule has 2 aliphatic rings. The Morgan fingerprint density at radius 1 is 0.581 bits per heavy atom. The van der Waals surface area contributed by atoms with Gasteiger partial charge in [0.15, 0.2) is 0 Å². The highest BCUT2D eigenvalue weighted by Gasteiger charge is 2.29. The molecule has 0 aliphatic carbocycles. The Kier molecular flexibility index (Phi) is 25.0. The average molecular weight is 1150 g/mol. The molecule has 2 amide bonds. The van der Waals surface area contributed by atoms with E-state index in [1.807, 2.05) is 49.5 Å². The van der Waals surface area contributed by atoms with Crippen LogP contribution in [0.15, 0.2) is 82.6 Å². The van der Waals surface area contributed by atoms with Crippen LogP contribution in [-0.2, 0) is 67.3 Å². The number of hydrogen-bond acceptors (Lipinski definition) is 14. The van der Waals surface area contributed by atoms with Gasteiger partial charge in [0.25, 0.3) is 0 Å². The highest BCUT2D eigenvalue weighted by Crippen LogP contribution is 2.40. The molecule has 0 radical (unpaired) electrons. The number of hydrogen-bond donors (Lipinski definition) is 4. The maximum atomic E-state index is 13.1. The van der Waals surface area contributed by atoms with E-state index in [1.54, 1.807) is 30.3 Å². The molecule has 0 bridgehead atoms. The fourth-order valence-corrected chi connectivity index (χ4v) is 11.4. The Morgan fingerprint density at radius 3 is 1.51 bits per heavy atom. The number of benzene rings is 4. The van der Waals surface area contributed by atoms with Gasteiger partial charge in [-0.3, -0.25) is 0 Å². The van der Waals surface area contributed by atoms with Crippen LogP contribution >= 0.6 is 46.4 Å². The second-order valence-electron chi connectivity index (χ2n) is 17.3. The number of ether oxygens (including phenoxy) is 7. The third-order valence-electron chi connectivity index (χ3n) is 11.8. The molecule has 3 atom stereocenters. The van der Waals surface area contributed by atoms with Crippen LogP contribution in [-0.4, -0.2) is 167 Å². The van der Waals surface area contributed by atoms with E-state index in [2.05, 4.69) is 41.7 Å². The minimum absolute atomic E-state index is 0.0444. The summed E-state index contributed by atoms with van der Waals surface area (Å²) in [6, 6.07) is 22.0. The first-order chi connectivity index (χ1) is 35.7. The van der Waals surface area contributed by atoms with E-state index in [0.29, 0.717) is 71.0 Å². The summed E-state index contributed by atoms with van der Waals surface area (Å²) in [6.07, 6.45) is -1.85. The van der Waals surface area contributed by atoms with E-state index in [1.165, 1.54) is 0 Å². The second-order valence-corrected chi connectivity index (χ2v) is 22.1. The van der Waals surface area contributed by atoms with Gasteiger partial charge in [-0.15, -0.1) is 0 Å². The third-order valence-corrected chi connectivity index (χ3v) is 15.5. The quantitative estimate of drug-likeness (QED) is 0.0322. The predicted octanol–water partition coefficient (Wildman–Crippen LogP) is 6.58. The van der Waals surface area contributed by atoms with E-state index in [0.717, 1.165) is 46.5 Å². The fraction of sp³-hybridized carbons (Fsp3) is 0.480. The van der Waals surface area contributed by atoms with Crippen LogP contribution in [0.2, 0.25) is 20.1 Å². The molecule has 18 nitrogen and oxygen atoms in total. The predicted molar refractivity (Wildman–Crippen MR) is 285 cm³/mol.